The van der Waals surface area contributed by atoms with Crippen molar-refractivity contribution in [2.45, 2.75) is 32.2 Å². The molecule has 0 atom stereocenters. The van der Waals surface area contributed by atoms with Crippen LogP contribution < -0.4 is 4.90 Å². The number of aryl methyl sites for hydroxylation is 1. The molecule has 33 heavy (non-hydrogen) atoms. The van der Waals surface area contributed by atoms with Gasteiger partial charge in [0.15, 0.2) is 0 Å². The van der Waals surface area contributed by atoms with Gasteiger partial charge in [-0.1, -0.05) is 30.3 Å². The summed E-state index contributed by atoms with van der Waals surface area (Å²) >= 11 is 0. The molecule has 1 spiro atoms. The van der Waals surface area contributed by atoms with Crippen LogP contribution in [0.5, 0.6) is 0 Å². The fraction of sp³-hybridized carbons (Fsp3) is 0.385. The van der Waals surface area contributed by atoms with Gasteiger partial charge in [-0.3, -0.25) is 14.5 Å². The number of para-hydroxylation sites is 3. The Morgan fingerprint density at radius 2 is 1.70 bits per heavy atom. The molecule has 0 unspecified atom stereocenters. The molecule has 4 heterocycles. The molecule has 4 aromatic rings. The zero-order valence-corrected chi connectivity index (χ0v) is 18.9. The van der Waals surface area contributed by atoms with Crippen LogP contribution in [-0.4, -0.2) is 50.2 Å². The Labute approximate surface area is 193 Å². The van der Waals surface area contributed by atoms with Crippen LogP contribution in [0.25, 0.3) is 21.9 Å². The summed E-state index contributed by atoms with van der Waals surface area (Å²) in [4.78, 5) is 27.4. The number of piperidine rings is 2. The maximum atomic E-state index is 13.7. The molecule has 2 aliphatic heterocycles. The van der Waals surface area contributed by atoms with E-state index in [1.165, 1.54) is 0 Å². The molecule has 0 bridgehead atoms. The standard InChI is InChI=1S/C26H28N6O/c1-30-23-10-5-2-7-19(23)22(29-30)18-32-14-6-11-26(25(32)33)12-15-31(16-13-26)24-17-27-20-8-3-4-9-21(20)28-24/h2-5,7-10,17H,6,11-16,18H2,1H3. The molecule has 2 fully saturated rings. The number of rotatable bonds is 3. The zero-order chi connectivity index (χ0) is 22.4. The van der Waals surface area contributed by atoms with E-state index in [1.54, 1.807) is 0 Å². The summed E-state index contributed by atoms with van der Waals surface area (Å²) < 4.78 is 1.91. The van der Waals surface area contributed by atoms with Gasteiger partial charge in [0.05, 0.1) is 40.4 Å². The third-order valence-corrected chi connectivity index (χ3v) is 7.48. The minimum atomic E-state index is -0.260. The molecule has 2 aliphatic rings. The minimum absolute atomic E-state index is 0.260. The largest absolute Gasteiger partial charge is 0.355 e. The van der Waals surface area contributed by atoms with Gasteiger partial charge in [-0.25, -0.2) is 4.98 Å². The summed E-state index contributed by atoms with van der Waals surface area (Å²) in [6.45, 7) is 3.06. The first kappa shape index (κ1) is 20.1. The van der Waals surface area contributed by atoms with E-state index in [0.717, 1.165) is 78.8 Å². The second kappa shape index (κ2) is 7.83. The summed E-state index contributed by atoms with van der Waals surface area (Å²) in [5.41, 5.74) is 3.66. The van der Waals surface area contributed by atoms with Gasteiger partial charge in [0.25, 0.3) is 0 Å². The van der Waals surface area contributed by atoms with Crippen molar-refractivity contribution in [1.29, 1.82) is 0 Å². The number of benzene rings is 2. The van der Waals surface area contributed by atoms with Crippen LogP contribution in [0.1, 0.15) is 31.4 Å². The lowest BCUT2D eigenvalue weighted by Gasteiger charge is -2.46. The number of aromatic nitrogens is 4. The number of fused-ring (bicyclic) bond motifs is 2. The van der Waals surface area contributed by atoms with E-state index in [0.29, 0.717) is 12.5 Å². The number of amides is 1. The summed E-state index contributed by atoms with van der Waals surface area (Å²) in [5.74, 6) is 1.20. The zero-order valence-electron chi connectivity index (χ0n) is 18.9. The molecule has 0 aliphatic carbocycles. The predicted octanol–water partition coefficient (Wildman–Crippen LogP) is 3.93. The highest BCUT2D eigenvalue weighted by Gasteiger charge is 2.46. The first-order chi connectivity index (χ1) is 16.1. The predicted molar refractivity (Wildman–Crippen MR) is 129 cm³/mol. The highest BCUT2D eigenvalue weighted by Crippen LogP contribution is 2.42. The number of carbonyl (C=O) groups excluding carboxylic acids is 1. The van der Waals surface area contributed by atoms with Gasteiger partial charge in [0.1, 0.15) is 5.82 Å². The summed E-state index contributed by atoms with van der Waals surface area (Å²) in [7, 11) is 1.97. The number of nitrogens with zero attached hydrogens (tertiary/aromatic N) is 6. The molecule has 2 saturated heterocycles. The van der Waals surface area contributed by atoms with Crippen LogP contribution in [0, 0.1) is 5.41 Å². The van der Waals surface area contributed by atoms with Crippen molar-refractivity contribution in [2.75, 3.05) is 24.5 Å². The first-order valence-corrected chi connectivity index (χ1v) is 11.8. The molecule has 2 aromatic carbocycles. The molecule has 0 saturated carbocycles. The number of anilines is 1. The molecule has 0 radical (unpaired) electrons. The van der Waals surface area contributed by atoms with E-state index in [1.807, 2.05) is 59.2 Å². The normalized spacial score (nSPS) is 18.5. The van der Waals surface area contributed by atoms with Gasteiger partial charge in [0.2, 0.25) is 5.91 Å². The van der Waals surface area contributed by atoms with Gasteiger partial charge >= 0.3 is 0 Å². The van der Waals surface area contributed by atoms with E-state index in [9.17, 15) is 4.79 Å². The monoisotopic (exact) mass is 440 g/mol. The van der Waals surface area contributed by atoms with Gasteiger partial charge in [-0.2, -0.15) is 5.10 Å². The SMILES string of the molecule is Cn1nc(CN2CCCC3(CCN(c4cnc5ccccc5n4)CC3)C2=O)c2ccccc21. The molecular formula is C26H28N6O. The lowest BCUT2D eigenvalue weighted by Crippen LogP contribution is -2.53. The molecule has 168 valence electrons. The van der Waals surface area contributed by atoms with Crippen LogP contribution in [0.4, 0.5) is 5.82 Å². The van der Waals surface area contributed by atoms with Gasteiger partial charge in [0, 0.05) is 32.1 Å². The van der Waals surface area contributed by atoms with Gasteiger partial charge in [-0.15, -0.1) is 0 Å². The fourth-order valence-electron chi connectivity index (χ4n) is 5.62. The molecule has 7 nitrogen and oxygen atoms in total. The van der Waals surface area contributed by atoms with Crippen molar-refractivity contribution in [3.05, 3.63) is 60.4 Å². The Hall–Kier alpha value is -3.48. The maximum Gasteiger partial charge on any atom is 0.229 e. The fourth-order valence-corrected chi connectivity index (χ4v) is 5.62. The van der Waals surface area contributed by atoms with Gasteiger partial charge in [-0.05, 0) is 43.9 Å². The summed E-state index contributed by atoms with van der Waals surface area (Å²) in [6, 6.07) is 16.2. The first-order valence-electron chi connectivity index (χ1n) is 11.8. The minimum Gasteiger partial charge on any atom is -0.355 e. The number of hydrogen-bond acceptors (Lipinski definition) is 5. The van der Waals surface area contributed by atoms with Crippen LogP contribution in [0.15, 0.2) is 54.7 Å². The van der Waals surface area contributed by atoms with E-state index in [-0.39, 0.29) is 5.41 Å². The average Bonchev–Trinajstić information content (AvgIpc) is 3.17. The Balaban J connectivity index is 1.19. The Kier molecular flexibility index (Phi) is 4.78. The van der Waals surface area contributed by atoms with Crippen molar-refractivity contribution in [3.63, 3.8) is 0 Å². The van der Waals surface area contributed by atoms with E-state index < -0.39 is 0 Å². The lowest BCUT2D eigenvalue weighted by atomic mass is 9.71. The van der Waals surface area contributed by atoms with Crippen molar-refractivity contribution in [1.82, 2.24) is 24.6 Å². The van der Waals surface area contributed by atoms with Gasteiger partial charge < -0.3 is 9.80 Å². The third kappa shape index (κ3) is 3.43. The molecule has 7 heteroatoms. The summed E-state index contributed by atoms with van der Waals surface area (Å²) in [6.07, 6.45) is 5.61. The van der Waals surface area contributed by atoms with Crippen LogP contribution in [0.3, 0.4) is 0 Å². The topological polar surface area (TPSA) is 67.2 Å². The number of likely N-dealkylation sites (tertiary alicyclic amines) is 1. The second-order valence-electron chi connectivity index (χ2n) is 9.40. The van der Waals surface area contributed by atoms with Crippen LogP contribution in [-0.2, 0) is 18.4 Å². The molecular weight excluding hydrogens is 412 g/mol. The molecule has 6 rings (SSSR count). The lowest BCUT2D eigenvalue weighted by molar-refractivity contribution is -0.148. The Morgan fingerprint density at radius 1 is 0.939 bits per heavy atom. The van der Waals surface area contributed by atoms with Crippen molar-refractivity contribution >= 4 is 33.7 Å². The highest BCUT2D eigenvalue weighted by atomic mass is 16.2. The smallest absolute Gasteiger partial charge is 0.229 e. The van der Waals surface area contributed by atoms with E-state index in [4.69, 9.17) is 10.1 Å². The maximum absolute atomic E-state index is 13.7. The van der Waals surface area contributed by atoms with Crippen molar-refractivity contribution in [2.24, 2.45) is 12.5 Å². The Morgan fingerprint density at radius 3 is 2.55 bits per heavy atom. The quantitative estimate of drug-likeness (QED) is 0.483. The molecule has 2 aromatic heterocycles. The Bertz CT molecular complexity index is 1340. The van der Waals surface area contributed by atoms with Crippen LogP contribution in [0.2, 0.25) is 0 Å². The number of hydrogen-bond donors (Lipinski definition) is 0. The third-order valence-electron chi connectivity index (χ3n) is 7.48. The van der Waals surface area contributed by atoms with E-state index in [2.05, 4.69) is 22.0 Å². The molecule has 1 amide bonds. The van der Waals surface area contributed by atoms with E-state index >= 15 is 0 Å². The molecule has 0 N–H and O–H groups in total. The van der Waals surface area contributed by atoms with Crippen molar-refractivity contribution in [3.8, 4) is 0 Å². The number of carbonyl (C=O) groups is 1. The van der Waals surface area contributed by atoms with Crippen LogP contribution >= 0.6 is 0 Å². The average molecular weight is 441 g/mol. The van der Waals surface area contributed by atoms with Crippen molar-refractivity contribution < 1.29 is 4.79 Å². The highest BCUT2D eigenvalue weighted by molar-refractivity contribution is 5.86. The summed E-state index contributed by atoms with van der Waals surface area (Å²) in [5, 5.41) is 5.86. The second-order valence-corrected chi connectivity index (χ2v) is 9.40.